The van der Waals surface area contributed by atoms with Crippen LogP contribution in [0.5, 0.6) is 0 Å². The molecule has 0 bridgehead atoms. The first kappa shape index (κ1) is 12.3. The number of hydrogen-bond acceptors (Lipinski definition) is 4. The van der Waals surface area contributed by atoms with Crippen molar-refractivity contribution in [3.05, 3.63) is 53.0 Å². The number of rotatable bonds is 4. The van der Waals surface area contributed by atoms with Gasteiger partial charge < -0.3 is 9.88 Å². The number of pyridine rings is 1. The first-order valence-corrected chi connectivity index (χ1v) is 5.93. The van der Waals surface area contributed by atoms with Gasteiger partial charge in [0, 0.05) is 31.2 Å². The minimum absolute atomic E-state index is 0.00945. The fourth-order valence-corrected chi connectivity index (χ4v) is 1.72. The van der Waals surface area contributed by atoms with Crippen LogP contribution >= 0.6 is 0 Å². The van der Waals surface area contributed by atoms with Crippen LogP contribution in [0.1, 0.15) is 25.6 Å². The maximum absolute atomic E-state index is 11.5. The van der Waals surface area contributed by atoms with Crippen molar-refractivity contribution in [3.8, 4) is 0 Å². The fourth-order valence-electron chi connectivity index (χ4n) is 1.72. The van der Waals surface area contributed by atoms with E-state index in [-0.39, 0.29) is 11.6 Å². The summed E-state index contributed by atoms with van der Waals surface area (Å²) in [6.07, 6.45) is 6.86. The van der Waals surface area contributed by atoms with Crippen molar-refractivity contribution in [1.29, 1.82) is 0 Å². The number of nitrogens with zero attached hydrogens (tertiary/aromatic N) is 3. The summed E-state index contributed by atoms with van der Waals surface area (Å²) >= 11 is 0. The van der Waals surface area contributed by atoms with Gasteiger partial charge in [0.2, 0.25) is 0 Å². The zero-order chi connectivity index (χ0) is 13.0. The Bertz CT molecular complexity index is 565. The van der Waals surface area contributed by atoms with Gasteiger partial charge in [-0.2, -0.15) is 0 Å². The van der Waals surface area contributed by atoms with Gasteiger partial charge in [0.15, 0.2) is 0 Å². The van der Waals surface area contributed by atoms with Crippen molar-refractivity contribution in [2.45, 2.75) is 26.4 Å². The maximum atomic E-state index is 11.5. The van der Waals surface area contributed by atoms with Crippen LogP contribution in [0.25, 0.3) is 0 Å². The number of aromatic nitrogens is 3. The van der Waals surface area contributed by atoms with E-state index in [1.807, 2.05) is 20.0 Å². The standard InChI is InChI=1S/C13H16N4O/c1-3-17-9-11(4-5-13(17)18)16-10(2)12-8-14-6-7-15-12/h4-10,16H,3H2,1-2H3. The van der Waals surface area contributed by atoms with E-state index >= 15 is 0 Å². The maximum Gasteiger partial charge on any atom is 0.250 e. The largest absolute Gasteiger partial charge is 0.376 e. The summed E-state index contributed by atoms with van der Waals surface area (Å²) in [5.74, 6) is 0. The average Bonchev–Trinajstić information content (AvgIpc) is 2.42. The lowest BCUT2D eigenvalue weighted by atomic mass is 10.2. The predicted octanol–water partition coefficient (Wildman–Crippen LogP) is 1.83. The Morgan fingerprint density at radius 1 is 1.39 bits per heavy atom. The molecular weight excluding hydrogens is 228 g/mol. The minimum Gasteiger partial charge on any atom is -0.376 e. The highest BCUT2D eigenvalue weighted by Gasteiger charge is 2.07. The zero-order valence-electron chi connectivity index (χ0n) is 10.5. The van der Waals surface area contributed by atoms with Gasteiger partial charge in [-0.25, -0.2) is 0 Å². The van der Waals surface area contributed by atoms with Crippen LogP contribution in [0.2, 0.25) is 0 Å². The summed E-state index contributed by atoms with van der Waals surface area (Å²) in [6, 6.07) is 3.39. The molecule has 2 rings (SSSR count). The van der Waals surface area contributed by atoms with Crippen molar-refractivity contribution < 1.29 is 0 Å². The molecule has 1 N–H and O–H groups in total. The first-order valence-electron chi connectivity index (χ1n) is 5.93. The summed E-state index contributed by atoms with van der Waals surface area (Å²) in [6.45, 7) is 4.61. The Hall–Kier alpha value is -2.17. The predicted molar refractivity (Wildman–Crippen MR) is 70.4 cm³/mol. The van der Waals surface area contributed by atoms with Crippen molar-refractivity contribution in [3.63, 3.8) is 0 Å². The molecule has 0 aliphatic heterocycles. The van der Waals surface area contributed by atoms with Crippen LogP contribution in [-0.2, 0) is 6.54 Å². The third kappa shape index (κ3) is 2.74. The lowest BCUT2D eigenvalue weighted by molar-refractivity contribution is 0.724. The van der Waals surface area contributed by atoms with Gasteiger partial charge in [0.05, 0.1) is 23.6 Å². The smallest absolute Gasteiger partial charge is 0.250 e. The van der Waals surface area contributed by atoms with Gasteiger partial charge in [-0.1, -0.05) is 0 Å². The summed E-state index contributed by atoms with van der Waals surface area (Å²) < 4.78 is 1.66. The number of anilines is 1. The van der Waals surface area contributed by atoms with E-state index in [9.17, 15) is 4.79 Å². The lowest BCUT2D eigenvalue weighted by Crippen LogP contribution is -2.18. The van der Waals surface area contributed by atoms with Gasteiger partial charge in [-0.15, -0.1) is 0 Å². The normalized spacial score (nSPS) is 12.1. The van der Waals surface area contributed by atoms with Gasteiger partial charge >= 0.3 is 0 Å². The van der Waals surface area contributed by atoms with Crippen LogP contribution in [0, 0.1) is 0 Å². The summed E-state index contributed by atoms with van der Waals surface area (Å²) in [4.78, 5) is 19.8. The molecule has 0 saturated carbocycles. The molecular formula is C13H16N4O. The van der Waals surface area contributed by atoms with E-state index in [2.05, 4.69) is 15.3 Å². The van der Waals surface area contributed by atoms with Crippen molar-refractivity contribution in [2.24, 2.45) is 0 Å². The highest BCUT2D eigenvalue weighted by molar-refractivity contribution is 5.42. The topological polar surface area (TPSA) is 59.8 Å². The second-order valence-corrected chi connectivity index (χ2v) is 4.04. The first-order chi connectivity index (χ1) is 8.70. The van der Waals surface area contributed by atoms with E-state index in [4.69, 9.17) is 0 Å². The fraction of sp³-hybridized carbons (Fsp3) is 0.308. The second kappa shape index (κ2) is 5.44. The Balaban J connectivity index is 2.17. The lowest BCUT2D eigenvalue weighted by Gasteiger charge is -2.15. The third-order valence-electron chi connectivity index (χ3n) is 2.73. The highest BCUT2D eigenvalue weighted by Crippen LogP contribution is 2.15. The van der Waals surface area contributed by atoms with Crippen LogP contribution in [0.4, 0.5) is 5.69 Å². The second-order valence-electron chi connectivity index (χ2n) is 4.04. The summed E-state index contributed by atoms with van der Waals surface area (Å²) in [5, 5.41) is 3.30. The Morgan fingerprint density at radius 3 is 2.89 bits per heavy atom. The van der Waals surface area contributed by atoms with Gasteiger partial charge in [-0.05, 0) is 19.9 Å². The van der Waals surface area contributed by atoms with Crippen LogP contribution < -0.4 is 10.9 Å². The van der Waals surface area contributed by atoms with E-state index < -0.39 is 0 Å². The molecule has 0 aromatic carbocycles. The van der Waals surface area contributed by atoms with Crippen LogP contribution in [0.15, 0.2) is 41.7 Å². The number of nitrogens with one attached hydrogen (secondary N) is 1. The SMILES string of the molecule is CCn1cc(NC(C)c2cnccn2)ccc1=O. The van der Waals surface area contributed by atoms with E-state index in [1.54, 1.807) is 35.3 Å². The monoisotopic (exact) mass is 244 g/mol. The molecule has 2 aromatic rings. The Morgan fingerprint density at radius 2 is 2.22 bits per heavy atom. The molecule has 2 aromatic heterocycles. The molecule has 0 saturated heterocycles. The molecule has 18 heavy (non-hydrogen) atoms. The van der Waals surface area contributed by atoms with E-state index in [1.165, 1.54) is 0 Å². The number of hydrogen-bond donors (Lipinski definition) is 1. The van der Waals surface area contributed by atoms with Crippen LogP contribution in [-0.4, -0.2) is 14.5 Å². The molecule has 5 heteroatoms. The average molecular weight is 244 g/mol. The Labute approximate surface area is 106 Å². The molecule has 2 heterocycles. The molecule has 0 spiro atoms. The zero-order valence-corrected chi connectivity index (χ0v) is 10.5. The number of aryl methyl sites for hydroxylation is 1. The molecule has 0 aliphatic rings. The molecule has 1 atom stereocenters. The molecule has 5 nitrogen and oxygen atoms in total. The quantitative estimate of drug-likeness (QED) is 0.891. The van der Waals surface area contributed by atoms with Crippen molar-refractivity contribution in [1.82, 2.24) is 14.5 Å². The third-order valence-corrected chi connectivity index (χ3v) is 2.73. The van der Waals surface area contributed by atoms with Gasteiger partial charge in [0.25, 0.3) is 5.56 Å². The van der Waals surface area contributed by atoms with Gasteiger partial charge in [-0.3, -0.25) is 14.8 Å². The minimum atomic E-state index is 0.00945. The Kier molecular flexibility index (Phi) is 3.72. The summed E-state index contributed by atoms with van der Waals surface area (Å²) in [5.41, 5.74) is 1.77. The molecule has 0 fully saturated rings. The van der Waals surface area contributed by atoms with E-state index in [0.29, 0.717) is 6.54 Å². The van der Waals surface area contributed by atoms with Gasteiger partial charge in [0.1, 0.15) is 0 Å². The van der Waals surface area contributed by atoms with E-state index in [0.717, 1.165) is 11.4 Å². The van der Waals surface area contributed by atoms with Crippen molar-refractivity contribution >= 4 is 5.69 Å². The molecule has 94 valence electrons. The van der Waals surface area contributed by atoms with Crippen LogP contribution in [0.3, 0.4) is 0 Å². The molecule has 0 aliphatic carbocycles. The van der Waals surface area contributed by atoms with Crippen molar-refractivity contribution in [2.75, 3.05) is 5.32 Å². The molecule has 0 amide bonds. The molecule has 0 radical (unpaired) electrons. The highest BCUT2D eigenvalue weighted by atomic mass is 16.1. The summed E-state index contributed by atoms with van der Waals surface area (Å²) in [7, 11) is 0. The molecule has 1 unspecified atom stereocenters.